The van der Waals surface area contributed by atoms with Gasteiger partial charge >= 0.3 is 5.97 Å². The lowest BCUT2D eigenvalue weighted by Crippen LogP contribution is -2.36. The Balaban J connectivity index is 2.00. The standard InChI is InChI=1S/C13H18N2O3/c1-18-11-4-7-15(8-5-11)9-10-3-2-6-14-12(10)13(16)17/h2-3,6,11H,4-5,7-9H2,1H3,(H,16,17). The summed E-state index contributed by atoms with van der Waals surface area (Å²) in [5, 5.41) is 9.07. The normalized spacial score (nSPS) is 17.8. The number of nitrogens with zero attached hydrogens (tertiary/aromatic N) is 2. The maximum atomic E-state index is 11.1. The first-order chi connectivity index (χ1) is 8.70. The summed E-state index contributed by atoms with van der Waals surface area (Å²) in [5.41, 5.74) is 0.937. The van der Waals surface area contributed by atoms with Gasteiger partial charge in [0.1, 0.15) is 0 Å². The van der Waals surface area contributed by atoms with E-state index < -0.39 is 5.97 Å². The number of carbonyl (C=O) groups is 1. The highest BCUT2D eigenvalue weighted by Gasteiger charge is 2.20. The number of rotatable bonds is 4. The molecule has 0 aliphatic carbocycles. The Morgan fingerprint density at radius 3 is 2.89 bits per heavy atom. The second kappa shape index (κ2) is 5.93. The van der Waals surface area contributed by atoms with Crippen LogP contribution in [-0.2, 0) is 11.3 Å². The van der Waals surface area contributed by atoms with Gasteiger partial charge in [-0.25, -0.2) is 9.78 Å². The van der Waals surface area contributed by atoms with Crippen molar-refractivity contribution in [3.8, 4) is 0 Å². The van der Waals surface area contributed by atoms with Crippen LogP contribution < -0.4 is 0 Å². The van der Waals surface area contributed by atoms with Gasteiger partial charge in [-0.2, -0.15) is 0 Å². The molecule has 1 aliphatic rings. The largest absolute Gasteiger partial charge is 0.477 e. The van der Waals surface area contributed by atoms with Gasteiger partial charge in [-0.05, 0) is 24.5 Å². The minimum Gasteiger partial charge on any atom is -0.477 e. The number of methoxy groups -OCH3 is 1. The van der Waals surface area contributed by atoms with Crippen molar-refractivity contribution in [3.63, 3.8) is 0 Å². The van der Waals surface area contributed by atoms with Gasteiger partial charge in [0.2, 0.25) is 0 Å². The second-order valence-electron chi connectivity index (χ2n) is 4.53. The van der Waals surface area contributed by atoms with Crippen LogP contribution in [0.3, 0.4) is 0 Å². The predicted octanol–water partition coefficient (Wildman–Crippen LogP) is 1.39. The number of piperidine rings is 1. The Morgan fingerprint density at radius 1 is 1.56 bits per heavy atom. The maximum absolute atomic E-state index is 11.1. The van der Waals surface area contributed by atoms with E-state index in [1.807, 2.05) is 6.07 Å². The van der Waals surface area contributed by atoms with Crippen LogP contribution in [0.2, 0.25) is 0 Å². The molecular formula is C13H18N2O3. The van der Waals surface area contributed by atoms with Crippen molar-refractivity contribution >= 4 is 5.97 Å². The minimum absolute atomic E-state index is 0.159. The number of ether oxygens (including phenoxy) is 1. The number of hydrogen-bond donors (Lipinski definition) is 1. The van der Waals surface area contributed by atoms with E-state index in [0.29, 0.717) is 12.6 Å². The van der Waals surface area contributed by atoms with Crippen LogP contribution in [0, 0.1) is 0 Å². The number of pyridine rings is 1. The molecule has 1 aliphatic heterocycles. The number of carboxylic acid groups (broad SMARTS) is 1. The van der Waals surface area contributed by atoms with Crippen molar-refractivity contribution in [3.05, 3.63) is 29.6 Å². The lowest BCUT2D eigenvalue weighted by molar-refractivity contribution is 0.0385. The number of hydrogen-bond acceptors (Lipinski definition) is 4. The van der Waals surface area contributed by atoms with Crippen LogP contribution in [0.5, 0.6) is 0 Å². The van der Waals surface area contributed by atoms with E-state index in [2.05, 4.69) is 9.88 Å². The lowest BCUT2D eigenvalue weighted by atomic mass is 10.1. The average molecular weight is 250 g/mol. The van der Waals surface area contributed by atoms with Crippen LogP contribution in [0.25, 0.3) is 0 Å². The third kappa shape index (κ3) is 3.05. The third-order valence-corrected chi connectivity index (χ3v) is 3.36. The molecule has 2 rings (SSSR count). The van der Waals surface area contributed by atoms with Crippen LogP contribution in [0.1, 0.15) is 28.9 Å². The predicted molar refractivity (Wildman–Crippen MR) is 66.5 cm³/mol. The molecule has 18 heavy (non-hydrogen) atoms. The zero-order valence-electron chi connectivity index (χ0n) is 10.5. The molecule has 0 aromatic carbocycles. The van der Waals surface area contributed by atoms with Gasteiger partial charge in [0.25, 0.3) is 0 Å². The van der Waals surface area contributed by atoms with Gasteiger partial charge in [-0.3, -0.25) is 4.90 Å². The van der Waals surface area contributed by atoms with Crippen molar-refractivity contribution in [2.24, 2.45) is 0 Å². The highest BCUT2D eigenvalue weighted by Crippen LogP contribution is 2.16. The highest BCUT2D eigenvalue weighted by atomic mass is 16.5. The SMILES string of the molecule is COC1CCN(Cc2cccnc2C(=O)O)CC1. The van der Waals surface area contributed by atoms with Gasteiger partial charge in [-0.15, -0.1) is 0 Å². The molecule has 2 heterocycles. The first-order valence-electron chi connectivity index (χ1n) is 6.13. The van der Waals surface area contributed by atoms with Crippen molar-refractivity contribution < 1.29 is 14.6 Å². The summed E-state index contributed by atoms with van der Waals surface area (Å²) in [6, 6.07) is 3.61. The molecule has 98 valence electrons. The monoisotopic (exact) mass is 250 g/mol. The van der Waals surface area contributed by atoms with Crippen molar-refractivity contribution in [2.45, 2.75) is 25.5 Å². The minimum atomic E-state index is -0.961. The molecule has 5 heteroatoms. The topological polar surface area (TPSA) is 62.7 Å². The molecule has 1 fully saturated rings. The summed E-state index contributed by atoms with van der Waals surface area (Å²) < 4.78 is 5.32. The Bertz CT molecular complexity index is 414. The first kappa shape index (κ1) is 13.0. The maximum Gasteiger partial charge on any atom is 0.354 e. The van der Waals surface area contributed by atoms with Gasteiger partial charge < -0.3 is 9.84 Å². The Kier molecular flexibility index (Phi) is 4.28. The lowest BCUT2D eigenvalue weighted by Gasteiger charge is -2.31. The molecule has 0 radical (unpaired) electrons. The Labute approximate surface area is 106 Å². The molecule has 5 nitrogen and oxygen atoms in total. The third-order valence-electron chi connectivity index (χ3n) is 3.36. The summed E-state index contributed by atoms with van der Waals surface area (Å²) in [4.78, 5) is 17.2. The molecule has 1 aromatic heterocycles. The number of carboxylic acids is 1. The Hall–Kier alpha value is -1.46. The first-order valence-corrected chi connectivity index (χ1v) is 6.13. The van der Waals surface area contributed by atoms with Gasteiger partial charge in [0.05, 0.1) is 6.10 Å². The fourth-order valence-electron chi connectivity index (χ4n) is 2.30. The molecular weight excluding hydrogens is 232 g/mol. The summed E-state index contributed by atoms with van der Waals surface area (Å²) in [5.74, 6) is -0.961. The van der Waals surface area contributed by atoms with Crippen molar-refractivity contribution in [1.82, 2.24) is 9.88 Å². The van der Waals surface area contributed by atoms with E-state index in [4.69, 9.17) is 9.84 Å². The van der Waals surface area contributed by atoms with E-state index in [1.165, 1.54) is 6.20 Å². The van der Waals surface area contributed by atoms with Crippen LogP contribution in [0.15, 0.2) is 18.3 Å². The fraction of sp³-hybridized carbons (Fsp3) is 0.538. The quantitative estimate of drug-likeness (QED) is 0.875. The van der Waals surface area contributed by atoms with Crippen molar-refractivity contribution in [2.75, 3.05) is 20.2 Å². The zero-order valence-corrected chi connectivity index (χ0v) is 10.5. The highest BCUT2D eigenvalue weighted by molar-refractivity contribution is 5.86. The molecule has 0 atom stereocenters. The molecule has 0 bridgehead atoms. The van der Waals surface area contributed by atoms with Crippen LogP contribution in [-0.4, -0.2) is 47.3 Å². The number of aromatic nitrogens is 1. The van der Waals surface area contributed by atoms with E-state index >= 15 is 0 Å². The van der Waals surface area contributed by atoms with Gasteiger partial charge in [0.15, 0.2) is 5.69 Å². The molecule has 0 unspecified atom stereocenters. The van der Waals surface area contributed by atoms with Crippen LogP contribution in [0.4, 0.5) is 0 Å². The fourth-order valence-corrected chi connectivity index (χ4v) is 2.30. The van der Waals surface area contributed by atoms with E-state index in [9.17, 15) is 4.79 Å². The molecule has 0 amide bonds. The summed E-state index contributed by atoms with van der Waals surface area (Å²) in [7, 11) is 1.74. The average Bonchev–Trinajstić information content (AvgIpc) is 2.40. The van der Waals surface area contributed by atoms with Crippen LogP contribution >= 0.6 is 0 Å². The molecule has 0 saturated carbocycles. The summed E-state index contributed by atoms with van der Waals surface area (Å²) in [6.45, 7) is 2.52. The summed E-state index contributed by atoms with van der Waals surface area (Å²) in [6.07, 6.45) is 3.86. The molecule has 1 saturated heterocycles. The van der Waals surface area contributed by atoms with Gasteiger partial charge in [0, 0.05) is 32.9 Å². The smallest absolute Gasteiger partial charge is 0.354 e. The number of likely N-dealkylation sites (tertiary alicyclic amines) is 1. The molecule has 1 N–H and O–H groups in total. The Morgan fingerprint density at radius 2 is 2.28 bits per heavy atom. The van der Waals surface area contributed by atoms with Gasteiger partial charge in [-0.1, -0.05) is 6.07 Å². The van der Waals surface area contributed by atoms with Crippen molar-refractivity contribution in [1.29, 1.82) is 0 Å². The van der Waals surface area contributed by atoms with E-state index in [1.54, 1.807) is 13.2 Å². The van der Waals surface area contributed by atoms with E-state index in [-0.39, 0.29) is 5.69 Å². The molecule has 1 aromatic rings. The zero-order chi connectivity index (χ0) is 13.0. The second-order valence-corrected chi connectivity index (χ2v) is 4.53. The summed E-state index contributed by atoms with van der Waals surface area (Å²) >= 11 is 0. The number of aromatic carboxylic acids is 1. The molecule has 0 spiro atoms. The van der Waals surface area contributed by atoms with E-state index in [0.717, 1.165) is 31.5 Å².